The van der Waals surface area contributed by atoms with Crippen LogP contribution >= 0.6 is 0 Å². The Labute approximate surface area is 122 Å². The first-order valence-corrected chi connectivity index (χ1v) is 7.15. The Morgan fingerprint density at radius 2 is 1.90 bits per heavy atom. The molecule has 0 fully saturated rings. The van der Waals surface area contributed by atoms with E-state index in [9.17, 15) is 0 Å². The minimum absolute atomic E-state index is 0.266. The summed E-state index contributed by atoms with van der Waals surface area (Å²) in [5, 5.41) is 4.40. The second kappa shape index (κ2) is 5.80. The fraction of sp³-hybridized carbons (Fsp3) is 0.471. The quantitative estimate of drug-likeness (QED) is 0.923. The summed E-state index contributed by atoms with van der Waals surface area (Å²) in [6, 6.07) is 10.6. The fourth-order valence-electron chi connectivity index (χ4n) is 2.59. The number of hydrogen-bond acceptors (Lipinski definition) is 3. The van der Waals surface area contributed by atoms with E-state index in [2.05, 4.69) is 62.3 Å². The second-order valence-corrected chi connectivity index (χ2v) is 6.60. The van der Waals surface area contributed by atoms with Gasteiger partial charge in [0.05, 0.1) is 11.2 Å². The minimum Gasteiger partial charge on any atom is -0.373 e. The summed E-state index contributed by atoms with van der Waals surface area (Å²) in [7, 11) is 4.12. The number of anilines is 1. The summed E-state index contributed by atoms with van der Waals surface area (Å²) in [6.07, 6.45) is 0. The van der Waals surface area contributed by atoms with Gasteiger partial charge in [0, 0.05) is 31.2 Å². The average Bonchev–Trinajstić information content (AvgIpc) is 2.36. The molecule has 0 atom stereocenters. The molecule has 1 N–H and O–H groups in total. The zero-order valence-corrected chi connectivity index (χ0v) is 13.2. The van der Waals surface area contributed by atoms with Gasteiger partial charge in [-0.15, -0.1) is 0 Å². The highest BCUT2D eigenvalue weighted by Gasteiger charge is 2.16. The van der Waals surface area contributed by atoms with Crippen molar-refractivity contribution in [2.24, 2.45) is 5.41 Å². The van der Waals surface area contributed by atoms with Crippen molar-refractivity contribution in [1.82, 2.24) is 10.3 Å². The molecule has 0 aliphatic rings. The van der Waals surface area contributed by atoms with Gasteiger partial charge in [0.15, 0.2) is 0 Å². The Kier molecular flexibility index (Phi) is 4.29. The predicted octanol–water partition coefficient (Wildman–Crippen LogP) is 3.44. The van der Waals surface area contributed by atoms with Crippen molar-refractivity contribution >= 4 is 16.6 Å². The Balaban J connectivity index is 2.49. The third-order valence-electron chi connectivity index (χ3n) is 3.23. The molecule has 0 amide bonds. The lowest BCUT2D eigenvalue weighted by Crippen LogP contribution is -2.29. The zero-order valence-electron chi connectivity index (χ0n) is 13.2. The maximum Gasteiger partial charge on any atom is 0.0726 e. The largest absolute Gasteiger partial charge is 0.373 e. The smallest absolute Gasteiger partial charge is 0.0726 e. The van der Waals surface area contributed by atoms with E-state index < -0.39 is 0 Å². The second-order valence-electron chi connectivity index (χ2n) is 6.60. The van der Waals surface area contributed by atoms with Gasteiger partial charge >= 0.3 is 0 Å². The van der Waals surface area contributed by atoms with Gasteiger partial charge < -0.3 is 10.2 Å². The molecule has 0 saturated carbocycles. The van der Waals surface area contributed by atoms with Gasteiger partial charge in [-0.1, -0.05) is 39.0 Å². The van der Waals surface area contributed by atoms with Crippen LogP contribution in [0.1, 0.15) is 26.5 Å². The Morgan fingerprint density at radius 3 is 2.55 bits per heavy atom. The maximum atomic E-state index is 4.72. The van der Waals surface area contributed by atoms with Crippen LogP contribution in [-0.4, -0.2) is 25.6 Å². The highest BCUT2D eigenvalue weighted by molar-refractivity contribution is 5.91. The average molecular weight is 271 g/mol. The molecule has 0 saturated heterocycles. The molecule has 3 heteroatoms. The van der Waals surface area contributed by atoms with E-state index in [1.807, 2.05) is 13.1 Å². The number of para-hydroxylation sites is 1. The number of fused-ring (bicyclic) bond motifs is 1. The number of rotatable bonds is 4. The molecule has 0 aliphatic carbocycles. The number of benzene rings is 1. The van der Waals surface area contributed by atoms with Gasteiger partial charge in [0.2, 0.25) is 0 Å². The van der Waals surface area contributed by atoms with E-state index >= 15 is 0 Å². The molecule has 1 aromatic heterocycles. The molecular weight excluding hydrogens is 246 g/mol. The highest BCUT2D eigenvalue weighted by Crippen LogP contribution is 2.28. The van der Waals surface area contributed by atoms with Crippen molar-refractivity contribution in [3.8, 4) is 0 Å². The van der Waals surface area contributed by atoms with E-state index in [-0.39, 0.29) is 5.41 Å². The number of nitrogens with zero attached hydrogens (tertiary/aromatic N) is 2. The highest BCUT2D eigenvalue weighted by atomic mass is 15.1. The number of nitrogens with one attached hydrogen (secondary N) is 1. The third-order valence-corrected chi connectivity index (χ3v) is 3.23. The molecule has 1 heterocycles. The van der Waals surface area contributed by atoms with Crippen molar-refractivity contribution in [3.05, 3.63) is 36.0 Å². The summed E-state index contributed by atoms with van der Waals surface area (Å²) in [5.74, 6) is 0. The molecule has 2 aromatic rings. The lowest BCUT2D eigenvalue weighted by atomic mass is 9.96. The molecular formula is C17H25N3. The molecule has 108 valence electrons. The van der Waals surface area contributed by atoms with Crippen molar-refractivity contribution < 1.29 is 0 Å². The Bertz CT molecular complexity index is 584. The van der Waals surface area contributed by atoms with Gasteiger partial charge in [-0.05, 0) is 24.6 Å². The zero-order chi connectivity index (χ0) is 14.8. The van der Waals surface area contributed by atoms with Crippen LogP contribution in [0.4, 0.5) is 5.69 Å². The first-order chi connectivity index (χ1) is 9.40. The van der Waals surface area contributed by atoms with Crippen LogP contribution in [-0.2, 0) is 6.54 Å². The third kappa shape index (κ3) is 3.48. The van der Waals surface area contributed by atoms with Gasteiger partial charge in [0.1, 0.15) is 0 Å². The standard InChI is InChI=1S/C17H25N3/c1-17(2,3)12-20(5)16-10-13(11-18-4)19-15-9-7-6-8-14(15)16/h6-10,18H,11-12H2,1-5H3. The van der Waals surface area contributed by atoms with Gasteiger partial charge in [0.25, 0.3) is 0 Å². The van der Waals surface area contributed by atoms with Crippen molar-refractivity contribution in [2.45, 2.75) is 27.3 Å². The molecule has 0 bridgehead atoms. The predicted molar refractivity (Wildman–Crippen MR) is 87.2 cm³/mol. The molecule has 0 unspecified atom stereocenters. The Hall–Kier alpha value is -1.61. The summed E-state index contributed by atoms with van der Waals surface area (Å²) in [5.41, 5.74) is 3.68. The van der Waals surface area contributed by atoms with E-state index in [4.69, 9.17) is 4.98 Å². The summed E-state index contributed by atoms with van der Waals surface area (Å²) in [6.45, 7) is 8.60. The van der Waals surface area contributed by atoms with E-state index in [0.717, 1.165) is 24.3 Å². The lowest BCUT2D eigenvalue weighted by molar-refractivity contribution is 0.419. The van der Waals surface area contributed by atoms with Crippen LogP contribution < -0.4 is 10.2 Å². The van der Waals surface area contributed by atoms with E-state index in [0.29, 0.717) is 0 Å². The monoisotopic (exact) mass is 271 g/mol. The fourth-order valence-corrected chi connectivity index (χ4v) is 2.59. The summed E-state index contributed by atoms with van der Waals surface area (Å²) >= 11 is 0. The SMILES string of the molecule is CNCc1cc(N(C)CC(C)(C)C)c2ccccc2n1. The first-order valence-electron chi connectivity index (χ1n) is 7.15. The molecule has 0 radical (unpaired) electrons. The van der Waals surface area contributed by atoms with Gasteiger partial charge in [-0.3, -0.25) is 4.98 Å². The molecule has 0 spiro atoms. The number of aromatic nitrogens is 1. The normalized spacial score (nSPS) is 11.8. The topological polar surface area (TPSA) is 28.2 Å². The first kappa shape index (κ1) is 14.8. The lowest BCUT2D eigenvalue weighted by Gasteiger charge is -2.29. The maximum absolute atomic E-state index is 4.72. The van der Waals surface area contributed by atoms with E-state index in [1.54, 1.807) is 0 Å². The number of hydrogen-bond donors (Lipinski definition) is 1. The Morgan fingerprint density at radius 1 is 1.20 bits per heavy atom. The van der Waals surface area contributed by atoms with Crippen LogP contribution in [0.5, 0.6) is 0 Å². The molecule has 0 aliphatic heterocycles. The minimum atomic E-state index is 0.266. The molecule has 20 heavy (non-hydrogen) atoms. The molecule has 3 nitrogen and oxygen atoms in total. The van der Waals surface area contributed by atoms with Crippen LogP contribution in [0.2, 0.25) is 0 Å². The van der Waals surface area contributed by atoms with Crippen molar-refractivity contribution in [1.29, 1.82) is 0 Å². The molecule has 2 rings (SSSR count). The van der Waals surface area contributed by atoms with Gasteiger partial charge in [-0.25, -0.2) is 0 Å². The van der Waals surface area contributed by atoms with Crippen LogP contribution in [0.15, 0.2) is 30.3 Å². The van der Waals surface area contributed by atoms with Crippen molar-refractivity contribution in [2.75, 3.05) is 25.5 Å². The van der Waals surface area contributed by atoms with Gasteiger partial charge in [-0.2, -0.15) is 0 Å². The van der Waals surface area contributed by atoms with Crippen LogP contribution in [0.3, 0.4) is 0 Å². The molecule has 1 aromatic carbocycles. The van der Waals surface area contributed by atoms with E-state index in [1.165, 1.54) is 11.1 Å². The summed E-state index contributed by atoms with van der Waals surface area (Å²) in [4.78, 5) is 7.05. The van der Waals surface area contributed by atoms with Crippen molar-refractivity contribution in [3.63, 3.8) is 0 Å². The summed E-state index contributed by atoms with van der Waals surface area (Å²) < 4.78 is 0. The van der Waals surface area contributed by atoms with Crippen LogP contribution in [0, 0.1) is 5.41 Å². The van der Waals surface area contributed by atoms with Crippen LogP contribution in [0.25, 0.3) is 10.9 Å². The number of pyridine rings is 1.